The lowest BCUT2D eigenvalue weighted by molar-refractivity contribution is 0.246. The van der Waals surface area contributed by atoms with E-state index >= 15 is 0 Å². The Hall–Kier alpha value is -3.41. The lowest BCUT2D eigenvalue weighted by atomic mass is 10.1. The third kappa shape index (κ3) is 5.30. The molecule has 0 aliphatic rings. The van der Waals surface area contributed by atoms with Crippen molar-refractivity contribution in [2.24, 2.45) is 0 Å². The Balaban J connectivity index is 1.44. The van der Waals surface area contributed by atoms with Crippen LogP contribution in [0.2, 0.25) is 0 Å². The standard InChI is InChI=1S/C22H24N4O2/c1-15-5-8-18(9-6-15)19-10-11-21(26-25-19)28-13-12-23-22(27)24-20-14-16(2)4-7-17(20)3/h4-11,14H,12-13H2,1-3H3,(H2,23,24,27). The molecule has 2 aromatic carbocycles. The minimum atomic E-state index is -0.266. The fraction of sp³-hybridized carbons (Fsp3) is 0.227. The molecule has 0 atom stereocenters. The van der Waals surface area contributed by atoms with Crippen molar-refractivity contribution < 1.29 is 9.53 Å². The molecule has 0 bridgehead atoms. The quantitative estimate of drug-likeness (QED) is 0.630. The summed E-state index contributed by atoms with van der Waals surface area (Å²) in [6.45, 7) is 6.65. The topological polar surface area (TPSA) is 76.1 Å². The molecule has 0 fully saturated rings. The number of carbonyl (C=O) groups is 1. The lowest BCUT2D eigenvalue weighted by Gasteiger charge is -2.11. The van der Waals surface area contributed by atoms with Crippen LogP contribution in [-0.2, 0) is 0 Å². The third-order valence-electron chi connectivity index (χ3n) is 4.27. The second-order valence-electron chi connectivity index (χ2n) is 6.67. The molecule has 0 saturated carbocycles. The van der Waals surface area contributed by atoms with Crippen LogP contribution in [0.25, 0.3) is 11.3 Å². The first-order valence-electron chi connectivity index (χ1n) is 9.17. The summed E-state index contributed by atoms with van der Waals surface area (Å²) in [5.41, 5.74) is 5.91. The van der Waals surface area contributed by atoms with E-state index in [4.69, 9.17) is 4.74 Å². The average molecular weight is 376 g/mol. The molecule has 0 aliphatic heterocycles. The molecule has 2 N–H and O–H groups in total. The molecule has 0 radical (unpaired) electrons. The summed E-state index contributed by atoms with van der Waals surface area (Å²) in [5, 5.41) is 13.9. The van der Waals surface area contributed by atoms with Gasteiger partial charge in [-0.3, -0.25) is 0 Å². The molecule has 0 unspecified atom stereocenters. The Morgan fingerprint density at radius 1 is 0.929 bits per heavy atom. The second-order valence-corrected chi connectivity index (χ2v) is 6.67. The van der Waals surface area contributed by atoms with Gasteiger partial charge in [-0.2, -0.15) is 0 Å². The van der Waals surface area contributed by atoms with E-state index in [1.165, 1.54) is 5.56 Å². The minimum absolute atomic E-state index is 0.266. The average Bonchev–Trinajstić information content (AvgIpc) is 2.69. The first-order valence-corrected chi connectivity index (χ1v) is 9.17. The van der Waals surface area contributed by atoms with E-state index in [0.29, 0.717) is 19.0 Å². The Morgan fingerprint density at radius 2 is 1.68 bits per heavy atom. The van der Waals surface area contributed by atoms with Crippen molar-refractivity contribution >= 4 is 11.7 Å². The summed E-state index contributed by atoms with van der Waals surface area (Å²) in [6.07, 6.45) is 0. The van der Waals surface area contributed by atoms with E-state index in [9.17, 15) is 4.79 Å². The van der Waals surface area contributed by atoms with E-state index < -0.39 is 0 Å². The number of aryl methyl sites for hydroxylation is 3. The molecule has 3 aromatic rings. The highest BCUT2D eigenvalue weighted by atomic mass is 16.5. The van der Waals surface area contributed by atoms with Gasteiger partial charge in [0.25, 0.3) is 0 Å². The molecule has 1 heterocycles. The van der Waals surface area contributed by atoms with Crippen LogP contribution < -0.4 is 15.4 Å². The zero-order valence-corrected chi connectivity index (χ0v) is 16.3. The number of ether oxygens (including phenoxy) is 1. The van der Waals surface area contributed by atoms with Gasteiger partial charge in [-0.05, 0) is 44.0 Å². The van der Waals surface area contributed by atoms with Crippen LogP contribution in [-0.4, -0.2) is 29.4 Å². The summed E-state index contributed by atoms with van der Waals surface area (Å²) in [7, 11) is 0. The summed E-state index contributed by atoms with van der Waals surface area (Å²) in [4.78, 5) is 12.0. The summed E-state index contributed by atoms with van der Waals surface area (Å²) >= 11 is 0. The molecule has 6 heteroatoms. The Labute approximate surface area is 165 Å². The van der Waals surface area contributed by atoms with Crippen molar-refractivity contribution in [3.05, 3.63) is 71.3 Å². The highest BCUT2D eigenvalue weighted by Crippen LogP contribution is 2.18. The predicted molar refractivity (Wildman–Crippen MR) is 111 cm³/mol. The van der Waals surface area contributed by atoms with Gasteiger partial charge in [0.15, 0.2) is 0 Å². The number of nitrogens with one attached hydrogen (secondary N) is 2. The molecular weight excluding hydrogens is 352 g/mol. The number of amides is 2. The third-order valence-corrected chi connectivity index (χ3v) is 4.27. The number of hydrogen-bond acceptors (Lipinski definition) is 4. The molecule has 0 aliphatic carbocycles. The molecule has 0 spiro atoms. The van der Waals surface area contributed by atoms with E-state index in [1.54, 1.807) is 6.07 Å². The van der Waals surface area contributed by atoms with Crippen LogP contribution in [0, 0.1) is 20.8 Å². The van der Waals surface area contributed by atoms with Crippen molar-refractivity contribution in [2.75, 3.05) is 18.5 Å². The highest BCUT2D eigenvalue weighted by Gasteiger charge is 2.05. The van der Waals surface area contributed by atoms with Crippen molar-refractivity contribution in [3.63, 3.8) is 0 Å². The van der Waals surface area contributed by atoms with Gasteiger partial charge in [-0.25, -0.2) is 4.79 Å². The Kier molecular flexibility index (Phi) is 6.22. The highest BCUT2D eigenvalue weighted by molar-refractivity contribution is 5.90. The van der Waals surface area contributed by atoms with E-state index in [-0.39, 0.29) is 6.03 Å². The van der Waals surface area contributed by atoms with Gasteiger partial charge >= 0.3 is 6.03 Å². The van der Waals surface area contributed by atoms with E-state index in [1.807, 2.05) is 69.3 Å². The molecule has 144 valence electrons. The number of benzene rings is 2. The smallest absolute Gasteiger partial charge is 0.319 e. The van der Waals surface area contributed by atoms with E-state index in [0.717, 1.165) is 28.1 Å². The van der Waals surface area contributed by atoms with E-state index in [2.05, 4.69) is 20.8 Å². The van der Waals surface area contributed by atoms with Crippen molar-refractivity contribution in [2.45, 2.75) is 20.8 Å². The number of rotatable bonds is 6. The fourth-order valence-corrected chi connectivity index (χ4v) is 2.63. The zero-order chi connectivity index (χ0) is 19.9. The number of aromatic nitrogens is 2. The van der Waals surface area contributed by atoms with Gasteiger partial charge in [0, 0.05) is 17.3 Å². The maximum atomic E-state index is 12.0. The Bertz CT molecular complexity index is 938. The molecule has 1 aromatic heterocycles. The largest absolute Gasteiger partial charge is 0.475 e. The molecular formula is C22H24N4O2. The van der Waals surface area contributed by atoms with Gasteiger partial charge in [-0.15, -0.1) is 10.2 Å². The SMILES string of the molecule is Cc1ccc(-c2ccc(OCCNC(=O)Nc3cc(C)ccc3C)nn2)cc1. The summed E-state index contributed by atoms with van der Waals surface area (Å²) in [5.74, 6) is 0.424. The zero-order valence-electron chi connectivity index (χ0n) is 16.3. The van der Waals surface area contributed by atoms with Crippen LogP contribution in [0.15, 0.2) is 54.6 Å². The number of urea groups is 1. The summed E-state index contributed by atoms with van der Waals surface area (Å²) in [6, 6.07) is 17.4. The summed E-state index contributed by atoms with van der Waals surface area (Å²) < 4.78 is 5.54. The van der Waals surface area contributed by atoms with Gasteiger partial charge in [0.1, 0.15) is 6.61 Å². The maximum Gasteiger partial charge on any atom is 0.319 e. The first kappa shape index (κ1) is 19.4. The van der Waals surface area contributed by atoms with Gasteiger partial charge in [-0.1, -0.05) is 42.0 Å². The number of hydrogen-bond donors (Lipinski definition) is 2. The van der Waals surface area contributed by atoms with Crippen LogP contribution in [0.4, 0.5) is 10.5 Å². The second kappa shape index (κ2) is 8.99. The molecule has 2 amide bonds. The van der Waals surface area contributed by atoms with Crippen molar-refractivity contribution in [3.8, 4) is 17.1 Å². The van der Waals surface area contributed by atoms with Crippen molar-refractivity contribution in [1.82, 2.24) is 15.5 Å². The molecule has 6 nitrogen and oxygen atoms in total. The molecule has 3 rings (SSSR count). The number of nitrogens with zero attached hydrogens (tertiary/aromatic N) is 2. The predicted octanol–water partition coefficient (Wildman–Crippen LogP) is 4.27. The molecule has 0 saturated heterocycles. The normalized spacial score (nSPS) is 10.4. The number of anilines is 1. The van der Waals surface area contributed by atoms with Gasteiger partial charge in [0.05, 0.1) is 12.2 Å². The fourth-order valence-electron chi connectivity index (χ4n) is 2.63. The van der Waals surface area contributed by atoms with Crippen LogP contribution >= 0.6 is 0 Å². The van der Waals surface area contributed by atoms with Gasteiger partial charge in [0.2, 0.25) is 5.88 Å². The first-order chi connectivity index (χ1) is 13.5. The monoisotopic (exact) mass is 376 g/mol. The van der Waals surface area contributed by atoms with Gasteiger partial charge < -0.3 is 15.4 Å². The maximum absolute atomic E-state index is 12.0. The van der Waals surface area contributed by atoms with Crippen molar-refractivity contribution in [1.29, 1.82) is 0 Å². The number of carbonyl (C=O) groups excluding carboxylic acids is 1. The minimum Gasteiger partial charge on any atom is -0.475 e. The molecule has 28 heavy (non-hydrogen) atoms. The van der Waals surface area contributed by atoms with Crippen LogP contribution in [0.3, 0.4) is 0 Å². The van der Waals surface area contributed by atoms with Crippen LogP contribution in [0.5, 0.6) is 5.88 Å². The lowest BCUT2D eigenvalue weighted by Crippen LogP contribution is -2.32. The van der Waals surface area contributed by atoms with Crippen LogP contribution in [0.1, 0.15) is 16.7 Å². The Morgan fingerprint density at radius 3 is 2.39 bits per heavy atom.